The third-order valence-electron chi connectivity index (χ3n) is 2.22. The van der Waals surface area contributed by atoms with Gasteiger partial charge in [0.05, 0.1) is 11.4 Å². The van der Waals surface area contributed by atoms with Crippen LogP contribution in [0.5, 0.6) is 0 Å². The first-order valence-electron chi connectivity index (χ1n) is 3.89. The fourth-order valence-corrected chi connectivity index (χ4v) is 1.15. The number of carboxylic acids is 2. The van der Waals surface area contributed by atoms with Crippen molar-refractivity contribution in [2.75, 3.05) is 0 Å². The number of hydrogen-bond acceptors (Lipinski definition) is 5. The quantitative estimate of drug-likeness (QED) is 0.266. The summed E-state index contributed by atoms with van der Waals surface area (Å²) in [5.41, 5.74) is -1.93. The van der Waals surface area contributed by atoms with E-state index in [2.05, 4.69) is 0 Å². The summed E-state index contributed by atoms with van der Waals surface area (Å²) >= 11 is 0. The van der Waals surface area contributed by atoms with Gasteiger partial charge in [0.15, 0.2) is 5.78 Å². The van der Waals surface area contributed by atoms with Gasteiger partial charge in [-0.25, -0.2) is 0 Å². The van der Waals surface area contributed by atoms with Crippen LogP contribution in [0, 0.1) is 5.41 Å². The average Bonchev–Trinajstić information content (AvgIpc) is 2.06. The fraction of sp³-hybridized carbons (Fsp3) is 0.625. The third-order valence-corrected chi connectivity index (χ3v) is 2.22. The first kappa shape index (κ1) is 21.0. The Morgan fingerprint density at radius 1 is 1.00 bits per heavy atom. The van der Waals surface area contributed by atoms with Gasteiger partial charge in [-0.3, -0.25) is 4.79 Å². The summed E-state index contributed by atoms with van der Waals surface area (Å²) in [5.74, 6) is -5.06. The van der Waals surface area contributed by atoms with E-state index < -0.39 is 23.1 Å². The van der Waals surface area contributed by atoms with Crippen molar-refractivity contribution in [3.05, 3.63) is 0 Å². The zero-order valence-electron chi connectivity index (χ0n) is 9.46. The van der Waals surface area contributed by atoms with Crippen LogP contribution in [0.4, 0.5) is 0 Å². The number of hydrogen-bond donors (Lipinski definition) is 0. The number of rotatable bonds is 5. The molecule has 0 rings (SSSR count). The normalized spacial score (nSPS) is 9.47. The fourth-order valence-electron chi connectivity index (χ4n) is 1.15. The molecule has 0 aromatic heterocycles. The largest absolute Gasteiger partial charge is 1.00 e. The predicted molar refractivity (Wildman–Crippen MR) is 38.0 cm³/mol. The standard InChI is InChI=1S/C8H12O5.2Na/c1-3-8(4-2,7(12)13)5(9)6(10)11;;/h3-4H2,1-2H3,(H,10,11)(H,12,13);;/q;2*+1/p-2. The molecular weight excluding hydrogens is 222 g/mol. The van der Waals surface area contributed by atoms with Crippen molar-refractivity contribution in [2.45, 2.75) is 26.7 Å². The summed E-state index contributed by atoms with van der Waals surface area (Å²) in [7, 11) is 0. The Morgan fingerprint density at radius 2 is 1.33 bits per heavy atom. The van der Waals surface area contributed by atoms with E-state index in [9.17, 15) is 24.6 Å². The third kappa shape index (κ3) is 4.54. The van der Waals surface area contributed by atoms with Crippen LogP contribution in [0.25, 0.3) is 0 Å². The zero-order chi connectivity index (χ0) is 10.6. The molecule has 5 nitrogen and oxygen atoms in total. The van der Waals surface area contributed by atoms with Crippen LogP contribution in [0.1, 0.15) is 26.7 Å². The molecule has 0 aliphatic heterocycles. The van der Waals surface area contributed by atoms with Gasteiger partial charge >= 0.3 is 59.1 Å². The summed E-state index contributed by atoms with van der Waals surface area (Å²) < 4.78 is 0. The van der Waals surface area contributed by atoms with Crippen molar-refractivity contribution in [1.29, 1.82) is 0 Å². The molecule has 0 amide bonds. The molecule has 74 valence electrons. The van der Waals surface area contributed by atoms with Crippen LogP contribution < -0.4 is 69.3 Å². The minimum atomic E-state index is -1.98. The Hall–Kier alpha value is 0.610. The number of ketones is 1. The van der Waals surface area contributed by atoms with Gasteiger partial charge in [0.25, 0.3) is 0 Å². The van der Waals surface area contributed by atoms with Crippen LogP contribution in [-0.4, -0.2) is 17.7 Å². The van der Waals surface area contributed by atoms with Crippen molar-refractivity contribution in [3.63, 3.8) is 0 Å². The van der Waals surface area contributed by atoms with E-state index in [1.54, 1.807) is 0 Å². The molecule has 0 saturated heterocycles. The molecule has 15 heavy (non-hydrogen) atoms. The number of carboxylic acid groups (broad SMARTS) is 2. The maximum Gasteiger partial charge on any atom is 1.00 e. The van der Waals surface area contributed by atoms with Crippen molar-refractivity contribution < 1.29 is 83.7 Å². The van der Waals surface area contributed by atoms with Crippen LogP contribution in [0.15, 0.2) is 0 Å². The smallest absolute Gasteiger partial charge is 0.549 e. The second kappa shape index (κ2) is 8.73. The predicted octanol–water partition coefficient (Wildman–Crippen LogP) is -8.13. The van der Waals surface area contributed by atoms with Gasteiger partial charge in [-0.15, -0.1) is 0 Å². The summed E-state index contributed by atoms with van der Waals surface area (Å²) in [6.45, 7) is 2.83. The molecule has 0 aliphatic rings. The molecule has 0 aromatic carbocycles. The maximum atomic E-state index is 11.0. The summed E-state index contributed by atoms with van der Waals surface area (Å²) in [6.07, 6.45) is -0.225. The molecular formula is C8H10Na2O5. The topological polar surface area (TPSA) is 97.3 Å². The molecule has 0 saturated carbocycles. The molecule has 0 bridgehead atoms. The van der Waals surface area contributed by atoms with Crippen LogP contribution >= 0.6 is 0 Å². The Balaban J connectivity index is -0.000000720. The Labute approximate surface area is 132 Å². The van der Waals surface area contributed by atoms with Crippen molar-refractivity contribution in [2.24, 2.45) is 5.41 Å². The minimum Gasteiger partial charge on any atom is -0.549 e. The monoisotopic (exact) mass is 232 g/mol. The minimum absolute atomic E-state index is 0. The van der Waals surface area contributed by atoms with Gasteiger partial charge in [0.1, 0.15) is 5.97 Å². The van der Waals surface area contributed by atoms with Crippen LogP contribution in [0.3, 0.4) is 0 Å². The van der Waals surface area contributed by atoms with Crippen LogP contribution in [0.2, 0.25) is 0 Å². The molecule has 0 heterocycles. The summed E-state index contributed by atoms with van der Waals surface area (Å²) in [5, 5.41) is 20.8. The van der Waals surface area contributed by atoms with E-state index in [1.807, 2.05) is 0 Å². The molecule has 7 heteroatoms. The van der Waals surface area contributed by atoms with Crippen molar-refractivity contribution >= 4 is 17.7 Å². The second-order valence-corrected chi connectivity index (χ2v) is 2.69. The maximum absolute atomic E-state index is 11.0. The molecule has 0 fully saturated rings. The van der Waals surface area contributed by atoms with Gasteiger partial charge in [-0.1, -0.05) is 13.8 Å². The number of carbonyl (C=O) groups is 3. The van der Waals surface area contributed by atoms with E-state index in [4.69, 9.17) is 0 Å². The summed E-state index contributed by atoms with van der Waals surface area (Å²) in [6, 6.07) is 0. The first-order valence-corrected chi connectivity index (χ1v) is 3.89. The molecule has 0 aliphatic carbocycles. The number of carbonyl (C=O) groups excluding carboxylic acids is 3. The van der Waals surface area contributed by atoms with E-state index in [-0.39, 0.29) is 72.0 Å². The Bertz CT molecular complexity index is 247. The molecule has 0 atom stereocenters. The van der Waals surface area contributed by atoms with E-state index in [1.165, 1.54) is 13.8 Å². The first-order chi connectivity index (χ1) is 5.92. The SMILES string of the molecule is CCC(CC)(C(=O)[O-])C(=O)C(=O)[O-].[Na+].[Na+]. The molecule has 0 spiro atoms. The van der Waals surface area contributed by atoms with Gasteiger partial charge < -0.3 is 19.8 Å². The zero-order valence-corrected chi connectivity index (χ0v) is 13.5. The van der Waals surface area contributed by atoms with E-state index in [0.29, 0.717) is 0 Å². The van der Waals surface area contributed by atoms with Crippen molar-refractivity contribution in [3.8, 4) is 0 Å². The van der Waals surface area contributed by atoms with Gasteiger partial charge in [-0.2, -0.15) is 0 Å². The summed E-state index contributed by atoms with van der Waals surface area (Å²) in [4.78, 5) is 31.8. The van der Waals surface area contributed by atoms with Gasteiger partial charge in [0.2, 0.25) is 0 Å². The molecule has 0 aromatic rings. The van der Waals surface area contributed by atoms with Crippen molar-refractivity contribution in [1.82, 2.24) is 0 Å². The van der Waals surface area contributed by atoms with E-state index in [0.717, 1.165) is 0 Å². The molecule has 0 radical (unpaired) electrons. The number of aliphatic carboxylic acids is 2. The Morgan fingerprint density at radius 3 is 1.40 bits per heavy atom. The average molecular weight is 232 g/mol. The number of Topliss-reactive ketones (excluding diaryl/α,β-unsaturated/α-hetero) is 1. The van der Waals surface area contributed by atoms with E-state index >= 15 is 0 Å². The Kier molecular flexibility index (Phi) is 12.2. The van der Waals surface area contributed by atoms with Gasteiger partial charge in [0, 0.05) is 0 Å². The van der Waals surface area contributed by atoms with Crippen LogP contribution in [-0.2, 0) is 14.4 Å². The molecule has 0 N–H and O–H groups in total. The molecule has 0 unspecified atom stereocenters. The second-order valence-electron chi connectivity index (χ2n) is 2.69. The van der Waals surface area contributed by atoms with Gasteiger partial charge in [-0.05, 0) is 12.8 Å².